The monoisotopic (exact) mass is 2690 g/mol. The molecule has 0 spiro atoms. The van der Waals surface area contributed by atoms with Crippen LogP contribution in [0.4, 0.5) is 0 Å². The van der Waals surface area contributed by atoms with Gasteiger partial charge in [0.05, 0.1) is 57.0 Å². The van der Waals surface area contributed by atoms with Gasteiger partial charge in [-0.1, -0.05) is 235 Å². The molecule has 12 rings (SSSR count). The Hall–Kier alpha value is -0.645. The van der Waals surface area contributed by atoms with Crippen LogP contribution < -0.4 is 116 Å². The number of hydrogen-bond donors (Lipinski definition) is 8. The number of phenolic OH excluding ortho intramolecular Hbond substituents is 8. The van der Waals surface area contributed by atoms with Gasteiger partial charge in [0.25, 0.3) is 0 Å². The van der Waals surface area contributed by atoms with E-state index in [1.807, 2.05) is 0 Å². The van der Waals surface area contributed by atoms with E-state index in [0.717, 1.165) is 26.8 Å². The molecule has 0 saturated carbocycles. The maximum Gasteiger partial charge on any atom is 1.00 e. The van der Waals surface area contributed by atoms with Crippen molar-refractivity contribution in [1.29, 1.82) is 0 Å². The van der Waals surface area contributed by atoms with Crippen LogP contribution in [0.15, 0.2) is 199 Å². The van der Waals surface area contributed by atoms with Gasteiger partial charge >= 0.3 is 121 Å². The predicted octanol–water partition coefficient (Wildman–Crippen LogP) is 22.7. The SMILES string of the molecule is CC(=O)Oc1c(Br)cc(Br)cc1-c1cc(Br)cc(Br)c1OC(C)=O.CC(=O)Oc1c(Cl)cc(Cl)cc1-c1cc(Cl)cc(Cl)c1OC(C)=O.Oc1c(Br)cc(Br)cc1-c1cc(Br)cc(Br)c1O.Oc1c(Br)cc(Br)cc1-c1cc(Br)cc(Br)c1O.Oc1c(Cl)cc(Cl)cc1-c1cc(Cl)cc(Cl)c1O.Oc1c(Cl)cc(Cl)cc1-c1cc(Cl)cc(Cl)c1O.[H-].[H-].[Li+].[Li+].[Na+].[Na+]. The fraction of sp³-hybridized carbons (Fsp3) is 0.0500. The van der Waals surface area contributed by atoms with Gasteiger partial charge in [0, 0.05) is 151 Å². The zero-order valence-corrected chi connectivity index (χ0v) is 95.9. The van der Waals surface area contributed by atoms with Gasteiger partial charge in [-0.05, 0) is 241 Å². The van der Waals surface area contributed by atoms with Crippen LogP contribution in [0.3, 0.4) is 0 Å². The van der Waals surface area contributed by atoms with Gasteiger partial charge in [0.1, 0.15) is 46.0 Å². The Bertz CT molecular complexity index is 5160. The summed E-state index contributed by atoms with van der Waals surface area (Å²) in [5, 5.41) is 82.3. The molecular formula is C80H46Br12Cl12Li2Na2O16+2. The molecule has 8 N–H and O–H groups in total. The summed E-state index contributed by atoms with van der Waals surface area (Å²) < 4.78 is 29.2. The Kier molecular flexibility index (Phi) is 50.8. The summed E-state index contributed by atoms with van der Waals surface area (Å²) in [7, 11) is 0. The second-order valence-electron chi connectivity index (χ2n) is 23.7. The number of ether oxygens (including phenoxy) is 4. The van der Waals surface area contributed by atoms with Crippen LogP contribution in [0.1, 0.15) is 30.5 Å². The Morgan fingerprint density at radius 1 is 0.218 bits per heavy atom. The normalized spacial score (nSPS) is 10.2. The second kappa shape index (κ2) is 53.6. The van der Waals surface area contributed by atoms with Crippen molar-refractivity contribution in [3.8, 4) is 136 Å². The van der Waals surface area contributed by atoms with Crippen LogP contribution in [0.5, 0.6) is 69.0 Å². The fourth-order valence-electron chi connectivity index (χ4n) is 10.2. The fourth-order valence-corrected chi connectivity index (χ4v) is 20.8. The van der Waals surface area contributed by atoms with Crippen molar-refractivity contribution < 1.29 is 179 Å². The molecule has 0 fully saturated rings. The molecule has 0 saturated heterocycles. The second-order valence-corrected chi connectivity index (χ2v) is 39.4. The molecule has 0 radical (unpaired) electrons. The van der Waals surface area contributed by atoms with Crippen molar-refractivity contribution in [2.75, 3.05) is 0 Å². The molecule has 44 heteroatoms. The number of carbonyl (C=O) groups is 4. The van der Waals surface area contributed by atoms with E-state index in [4.69, 9.17) is 158 Å². The van der Waals surface area contributed by atoms with Crippen molar-refractivity contribution in [2.45, 2.75) is 27.7 Å². The Labute approximate surface area is 941 Å². The molecule has 0 aliphatic heterocycles. The standard InChI is InChI=1S/C16H10Br4O4.C16H10Cl4O4.2C12H6Br4O2.2C12H6Cl4O2.2Li.2Na.2H/c2*1-7(21)23-15-11(3-9(17)5-13(15)19)12-4-10(18)6-14(20)16(12)24-8(2)22;4*13-5-1-7(11(17)9(15)3-5)8-2-6(14)4-10(16)12(8)18;;;;;;/h2*3-6H,1-2H3;4*1-4,17-18H;;;;;;/q;;;;;;4*+1;2*-1. The smallest absolute Gasteiger partial charge is 1.00 e. The van der Waals surface area contributed by atoms with Crippen LogP contribution >= 0.6 is 330 Å². The molecule has 0 bridgehead atoms. The van der Waals surface area contributed by atoms with Crippen LogP contribution in [-0.4, -0.2) is 64.7 Å². The molecule has 0 unspecified atom stereocenters. The number of aromatic hydroxyl groups is 8. The average Bonchev–Trinajstić information content (AvgIpc) is 0.800. The number of carbonyl (C=O) groups excluding carboxylic acids is 4. The number of rotatable bonds is 10. The van der Waals surface area contributed by atoms with Gasteiger partial charge in [-0.2, -0.15) is 0 Å². The molecule has 16 nitrogen and oxygen atoms in total. The van der Waals surface area contributed by atoms with Crippen LogP contribution in [0.25, 0.3) is 66.8 Å². The van der Waals surface area contributed by atoms with E-state index in [1.165, 1.54) is 100 Å². The van der Waals surface area contributed by atoms with E-state index in [2.05, 4.69) is 191 Å². The van der Waals surface area contributed by atoms with Crippen molar-refractivity contribution in [3.05, 3.63) is 260 Å². The summed E-state index contributed by atoms with van der Waals surface area (Å²) >= 11 is 111. The third-order valence-electron chi connectivity index (χ3n) is 15.0. The topological polar surface area (TPSA) is 267 Å². The summed E-state index contributed by atoms with van der Waals surface area (Å²) in [6.07, 6.45) is 0. The molecule has 0 atom stereocenters. The third kappa shape index (κ3) is 32.8. The molecule has 0 heterocycles. The van der Waals surface area contributed by atoms with E-state index in [1.54, 1.807) is 72.8 Å². The van der Waals surface area contributed by atoms with Gasteiger partial charge in [-0.15, -0.1) is 0 Å². The maximum absolute atomic E-state index is 11.5. The summed E-state index contributed by atoms with van der Waals surface area (Å²) in [5.74, 6) is -1.76. The van der Waals surface area contributed by atoms with Crippen LogP contribution in [0.2, 0.25) is 60.3 Å². The minimum atomic E-state index is -0.581. The van der Waals surface area contributed by atoms with E-state index < -0.39 is 23.9 Å². The predicted molar refractivity (Wildman–Crippen MR) is 525 cm³/mol. The first kappa shape index (κ1) is 118. The molecule has 12 aromatic rings. The third-order valence-corrected chi connectivity index (χ3v) is 24.3. The maximum atomic E-state index is 11.5. The average molecular weight is 2710 g/mol. The quantitative estimate of drug-likeness (QED) is 0.0359. The van der Waals surface area contributed by atoms with E-state index in [-0.39, 0.29) is 220 Å². The molecule has 632 valence electrons. The summed E-state index contributed by atoms with van der Waals surface area (Å²) in [4.78, 5) is 45.7. The van der Waals surface area contributed by atoms with Crippen LogP contribution in [0, 0.1) is 0 Å². The van der Waals surface area contributed by atoms with Crippen LogP contribution in [-0.2, 0) is 19.2 Å². The van der Waals surface area contributed by atoms with Gasteiger partial charge in [-0.3, -0.25) is 19.2 Å². The first-order valence-electron chi connectivity index (χ1n) is 32.1. The minimum absolute atomic E-state index is 0. The van der Waals surface area contributed by atoms with Crippen molar-refractivity contribution in [3.63, 3.8) is 0 Å². The molecule has 0 amide bonds. The summed E-state index contributed by atoms with van der Waals surface area (Å²) in [6.45, 7) is 5.10. The zero-order valence-electron chi connectivity index (χ0n) is 65.8. The van der Waals surface area contributed by atoms with E-state index in [9.17, 15) is 60.0 Å². The van der Waals surface area contributed by atoms with Gasteiger partial charge in [0.15, 0.2) is 23.0 Å². The van der Waals surface area contributed by atoms with E-state index >= 15 is 0 Å². The molecule has 12 aromatic carbocycles. The molecule has 0 aromatic heterocycles. The number of benzene rings is 12. The number of esters is 4. The first-order chi connectivity index (χ1) is 56.0. The Balaban J connectivity index is 0.000000752. The van der Waals surface area contributed by atoms with Gasteiger partial charge in [-0.25, -0.2) is 0 Å². The molecule has 0 aliphatic rings. The first-order valence-corrected chi connectivity index (χ1v) is 46.2. The zero-order chi connectivity index (χ0) is 89.8. The molecular weight excluding hydrogens is 2660 g/mol. The number of phenols is 8. The van der Waals surface area contributed by atoms with Crippen molar-refractivity contribution >= 4 is 354 Å². The summed E-state index contributed by atoms with van der Waals surface area (Å²) in [5.41, 5.74) is 4.98. The van der Waals surface area contributed by atoms with Gasteiger partial charge in [0.2, 0.25) is 0 Å². The summed E-state index contributed by atoms with van der Waals surface area (Å²) in [6, 6.07) is 38.3. The van der Waals surface area contributed by atoms with Gasteiger partial charge < -0.3 is 62.7 Å². The Morgan fingerprint density at radius 2 is 0.363 bits per heavy atom. The van der Waals surface area contributed by atoms with E-state index in [0.29, 0.717) is 103 Å². The Morgan fingerprint density at radius 3 is 0.556 bits per heavy atom. The number of hydrogen-bond acceptors (Lipinski definition) is 16. The molecule has 124 heavy (non-hydrogen) atoms. The van der Waals surface area contributed by atoms with Crippen molar-refractivity contribution in [2.24, 2.45) is 0 Å². The minimum Gasteiger partial charge on any atom is -1.00 e. The largest absolute Gasteiger partial charge is 1.00 e. The number of halogens is 24. The van der Waals surface area contributed by atoms with Crippen molar-refractivity contribution in [1.82, 2.24) is 0 Å². The molecule has 0 aliphatic carbocycles.